The molecule has 1 unspecified atom stereocenters. The molecule has 7 heteroatoms. The van der Waals surface area contributed by atoms with E-state index in [1.165, 1.54) is 11.0 Å². The molecule has 0 amide bonds. The van der Waals surface area contributed by atoms with E-state index in [2.05, 4.69) is 20.5 Å². The minimum atomic E-state index is -0.784. The molecule has 1 N–H and O–H groups in total. The van der Waals surface area contributed by atoms with Gasteiger partial charge in [-0.3, -0.25) is 4.79 Å². The van der Waals surface area contributed by atoms with Gasteiger partial charge in [-0.15, -0.1) is 5.10 Å². The van der Waals surface area contributed by atoms with Crippen LogP contribution < -0.4 is 0 Å². The second-order valence-electron chi connectivity index (χ2n) is 4.24. The van der Waals surface area contributed by atoms with Crippen molar-refractivity contribution in [3.05, 3.63) is 29.7 Å². The Kier molecular flexibility index (Phi) is 2.51. The Bertz CT molecular complexity index is 581. The van der Waals surface area contributed by atoms with Crippen LogP contribution >= 0.6 is 0 Å². The van der Waals surface area contributed by atoms with Gasteiger partial charge in [-0.05, 0) is 41.3 Å². The van der Waals surface area contributed by atoms with Gasteiger partial charge in [0.2, 0.25) is 0 Å². The van der Waals surface area contributed by atoms with Gasteiger partial charge in [-0.25, -0.2) is 4.98 Å². The van der Waals surface area contributed by atoms with Gasteiger partial charge < -0.3 is 5.11 Å². The van der Waals surface area contributed by atoms with Crippen molar-refractivity contribution in [3.8, 4) is 5.82 Å². The first-order valence-electron chi connectivity index (χ1n) is 5.71. The van der Waals surface area contributed by atoms with E-state index in [9.17, 15) is 9.90 Å². The Labute approximate surface area is 102 Å². The van der Waals surface area contributed by atoms with Crippen molar-refractivity contribution in [1.29, 1.82) is 0 Å². The summed E-state index contributed by atoms with van der Waals surface area (Å²) in [5.41, 5.74) is 1.65. The van der Waals surface area contributed by atoms with Crippen molar-refractivity contribution in [2.75, 3.05) is 0 Å². The average molecular weight is 245 g/mol. The highest BCUT2D eigenvalue weighted by Crippen LogP contribution is 2.31. The highest BCUT2D eigenvalue weighted by Gasteiger charge is 2.27. The maximum absolute atomic E-state index is 11.2. The van der Waals surface area contributed by atoms with E-state index < -0.39 is 11.9 Å². The van der Waals surface area contributed by atoms with E-state index in [0.29, 0.717) is 12.2 Å². The number of hydrogen-bond donors (Lipinski definition) is 1. The molecule has 0 saturated heterocycles. The minimum Gasteiger partial charge on any atom is -0.481 e. The van der Waals surface area contributed by atoms with Crippen LogP contribution in [0, 0.1) is 0 Å². The molecule has 3 rings (SSSR count). The molecular formula is C11H11N5O2. The van der Waals surface area contributed by atoms with Crippen molar-refractivity contribution < 1.29 is 9.90 Å². The number of aryl methyl sites for hydroxylation is 1. The molecule has 0 spiro atoms. The zero-order valence-electron chi connectivity index (χ0n) is 9.52. The van der Waals surface area contributed by atoms with Crippen molar-refractivity contribution in [2.45, 2.75) is 25.2 Å². The molecule has 1 atom stereocenters. The topological polar surface area (TPSA) is 93.8 Å². The third kappa shape index (κ3) is 1.73. The summed E-state index contributed by atoms with van der Waals surface area (Å²) in [6, 6.07) is 3.56. The van der Waals surface area contributed by atoms with Crippen molar-refractivity contribution in [1.82, 2.24) is 25.2 Å². The number of fused-ring (bicyclic) bond motifs is 1. The molecule has 0 saturated carbocycles. The average Bonchev–Trinajstić information content (AvgIpc) is 2.91. The first-order chi connectivity index (χ1) is 8.75. The summed E-state index contributed by atoms with van der Waals surface area (Å²) in [5, 5.41) is 20.0. The zero-order chi connectivity index (χ0) is 12.5. The Morgan fingerprint density at radius 3 is 3.06 bits per heavy atom. The fraction of sp³-hybridized carbons (Fsp3) is 0.364. The van der Waals surface area contributed by atoms with Gasteiger partial charge in [0.05, 0.1) is 5.92 Å². The summed E-state index contributed by atoms with van der Waals surface area (Å²) in [5.74, 6) is -0.609. The van der Waals surface area contributed by atoms with Crippen LogP contribution in [0.25, 0.3) is 5.82 Å². The maximum atomic E-state index is 11.2. The van der Waals surface area contributed by atoms with Crippen molar-refractivity contribution >= 4 is 5.97 Å². The highest BCUT2D eigenvalue weighted by atomic mass is 16.4. The Morgan fingerprint density at radius 2 is 2.33 bits per heavy atom. The fourth-order valence-electron chi connectivity index (χ4n) is 2.30. The van der Waals surface area contributed by atoms with E-state index in [4.69, 9.17) is 0 Å². The third-order valence-corrected chi connectivity index (χ3v) is 3.16. The number of pyridine rings is 1. The monoisotopic (exact) mass is 245 g/mol. The molecule has 92 valence electrons. The van der Waals surface area contributed by atoms with Gasteiger partial charge in [0.15, 0.2) is 5.82 Å². The summed E-state index contributed by atoms with van der Waals surface area (Å²) in [7, 11) is 0. The van der Waals surface area contributed by atoms with Gasteiger partial charge in [0, 0.05) is 5.69 Å². The highest BCUT2D eigenvalue weighted by molar-refractivity contribution is 5.76. The van der Waals surface area contributed by atoms with Crippen LogP contribution in [0.2, 0.25) is 0 Å². The van der Waals surface area contributed by atoms with Crippen LogP contribution in [-0.2, 0) is 11.2 Å². The lowest BCUT2D eigenvalue weighted by atomic mass is 9.86. The molecule has 0 radical (unpaired) electrons. The lowest BCUT2D eigenvalue weighted by molar-refractivity contribution is -0.139. The fourth-order valence-corrected chi connectivity index (χ4v) is 2.30. The first kappa shape index (κ1) is 10.8. The molecule has 1 aliphatic rings. The second kappa shape index (κ2) is 4.17. The van der Waals surface area contributed by atoms with E-state index in [1.807, 2.05) is 6.07 Å². The van der Waals surface area contributed by atoms with Crippen molar-refractivity contribution in [3.63, 3.8) is 0 Å². The van der Waals surface area contributed by atoms with E-state index >= 15 is 0 Å². The molecule has 7 nitrogen and oxygen atoms in total. The molecule has 2 heterocycles. The van der Waals surface area contributed by atoms with Crippen LogP contribution in [0.1, 0.15) is 30.0 Å². The summed E-state index contributed by atoms with van der Waals surface area (Å²) in [4.78, 5) is 15.6. The van der Waals surface area contributed by atoms with Crippen LogP contribution in [0.3, 0.4) is 0 Å². The van der Waals surface area contributed by atoms with E-state index in [1.54, 1.807) is 6.07 Å². The SMILES string of the molecule is O=C(O)C1CCCc2nc(-n3cnnn3)ccc21. The van der Waals surface area contributed by atoms with Gasteiger partial charge >= 0.3 is 5.97 Å². The molecule has 0 aliphatic heterocycles. The normalized spacial score (nSPS) is 18.3. The van der Waals surface area contributed by atoms with E-state index in [0.717, 1.165) is 24.1 Å². The smallest absolute Gasteiger partial charge is 0.311 e. The number of carboxylic acid groups (broad SMARTS) is 1. The minimum absolute atomic E-state index is 0.441. The maximum Gasteiger partial charge on any atom is 0.311 e. The van der Waals surface area contributed by atoms with Crippen LogP contribution in [0.5, 0.6) is 0 Å². The molecular weight excluding hydrogens is 234 g/mol. The third-order valence-electron chi connectivity index (χ3n) is 3.16. The van der Waals surface area contributed by atoms with E-state index in [-0.39, 0.29) is 0 Å². The Morgan fingerprint density at radius 1 is 1.44 bits per heavy atom. The van der Waals surface area contributed by atoms with Crippen LogP contribution in [-0.4, -0.2) is 36.3 Å². The Hall–Kier alpha value is -2.31. The number of carbonyl (C=O) groups is 1. The quantitative estimate of drug-likeness (QED) is 0.830. The summed E-state index contributed by atoms with van der Waals surface area (Å²) < 4.78 is 1.46. The number of carboxylic acids is 1. The number of aliphatic carboxylic acids is 1. The molecule has 2 aromatic rings. The number of nitrogens with zero attached hydrogens (tertiary/aromatic N) is 5. The number of tetrazole rings is 1. The van der Waals surface area contributed by atoms with Gasteiger partial charge in [-0.1, -0.05) is 6.07 Å². The molecule has 18 heavy (non-hydrogen) atoms. The van der Waals surface area contributed by atoms with Gasteiger partial charge in [0.1, 0.15) is 6.33 Å². The predicted molar refractivity (Wildman–Crippen MR) is 60.3 cm³/mol. The Balaban J connectivity index is 2.03. The largest absolute Gasteiger partial charge is 0.481 e. The zero-order valence-corrected chi connectivity index (χ0v) is 9.52. The number of hydrogen-bond acceptors (Lipinski definition) is 5. The molecule has 0 aromatic carbocycles. The van der Waals surface area contributed by atoms with Gasteiger partial charge in [-0.2, -0.15) is 4.68 Å². The van der Waals surface area contributed by atoms with Crippen molar-refractivity contribution in [2.24, 2.45) is 0 Å². The molecule has 0 fully saturated rings. The lowest BCUT2D eigenvalue weighted by Crippen LogP contribution is -2.19. The summed E-state index contributed by atoms with van der Waals surface area (Å²) >= 11 is 0. The van der Waals surface area contributed by atoms with Crippen LogP contribution in [0.15, 0.2) is 18.5 Å². The molecule has 0 bridgehead atoms. The molecule has 2 aromatic heterocycles. The van der Waals surface area contributed by atoms with Crippen LogP contribution in [0.4, 0.5) is 0 Å². The molecule has 1 aliphatic carbocycles. The summed E-state index contributed by atoms with van der Waals surface area (Å²) in [6.07, 6.45) is 3.78. The number of aromatic nitrogens is 5. The summed E-state index contributed by atoms with van der Waals surface area (Å²) in [6.45, 7) is 0. The van der Waals surface area contributed by atoms with Gasteiger partial charge in [0.25, 0.3) is 0 Å². The number of rotatable bonds is 2. The predicted octanol–water partition coefficient (Wildman–Crippen LogP) is 0.562. The first-order valence-corrected chi connectivity index (χ1v) is 5.71. The second-order valence-corrected chi connectivity index (χ2v) is 4.24. The lowest BCUT2D eigenvalue weighted by Gasteiger charge is -2.21. The standard InChI is InChI=1S/C11H11N5O2/c17-11(18)8-2-1-3-9-7(8)4-5-10(13-9)16-6-12-14-15-16/h4-6,8H,1-3H2,(H,17,18).